The van der Waals surface area contributed by atoms with Gasteiger partial charge in [0.05, 0.1) is 12.4 Å². The van der Waals surface area contributed by atoms with Crippen molar-refractivity contribution in [2.45, 2.75) is 12.8 Å². The standard InChI is InChI=1S/C13H12N4O2.ClH/c14-7-1-2-9-3-5-10(6-4-9)19-13-11(15)12(18)16-8-17-13;/h3-6,8H,1-2,15H2,(H,16,17,18);1H. The average molecular weight is 293 g/mol. The van der Waals surface area contributed by atoms with Gasteiger partial charge in [-0.05, 0) is 24.1 Å². The lowest BCUT2D eigenvalue weighted by atomic mass is 10.1. The molecule has 0 radical (unpaired) electrons. The number of nitrogen functional groups attached to an aromatic ring is 1. The molecule has 2 aromatic rings. The molecule has 1 aromatic carbocycles. The molecule has 1 aromatic heterocycles. The summed E-state index contributed by atoms with van der Waals surface area (Å²) in [6, 6.07) is 9.29. The fourth-order valence-electron chi connectivity index (χ4n) is 1.51. The predicted molar refractivity (Wildman–Crippen MR) is 77.0 cm³/mol. The Hall–Kier alpha value is -2.52. The molecule has 0 saturated carbocycles. The molecule has 0 amide bonds. The number of H-pyrrole nitrogens is 1. The predicted octanol–water partition coefficient (Wildman–Crippen LogP) is 2.02. The third-order valence-corrected chi connectivity index (χ3v) is 2.52. The summed E-state index contributed by atoms with van der Waals surface area (Å²) in [5, 5.41) is 8.50. The van der Waals surface area contributed by atoms with Crippen molar-refractivity contribution in [3.05, 3.63) is 46.5 Å². The Morgan fingerprint density at radius 2 is 2.05 bits per heavy atom. The van der Waals surface area contributed by atoms with E-state index in [2.05, 4.69) is 16.0 Å². The van der Waals surface area contributed by atoms with Crippen LogP contribution in [-0.4, -0.2) is 9.97 Å². The molecule has 0 aliphatic heterocycles. The number of nitrogens with one attached hydrogen (secondary N) is 1. The van der Waals surface area contributed by atoms with Gasteiger partial charge in [0, 0.05) is 6.42 Å². The number of anilines is 1. The first-order chi connectivity index (χ1) is 9.20. The maximum atomic E-state index is 11.3. The van der Waals surface area contributed by atoms with E-state index in [-0.39, 0.29) is 24.0 Å². The summed E-state index contributed by atoms with van der Waals surface area (Å²) in [5.74, 6) is 0.610. The number of nitriles is 1. The van der Waals surface area contributed by atoms with Crippen LogP contribution in [0.3, 0.4) is 0 Å². The van der Waals surface area contributed by atoms with E-state index in [1.165, 1.54) is 6.33 Å². The van der Waals surface area contributed by atoms with Crippen molar-refractivity contribution in [1.82, 2.24) is 9.97 Å². The molecule has 6 nitrogen and oxygen atoms in total. The van der Waals surface area contributed by atoms with E-state index in [0.29, 0.717) is 18.6 Å². The zero-order valence-electron chi connectivity index (χ0n) is 10.5. The minimum absolute atomic E-state index is 0. The lowest BCUT2D eigenvalue weighted by Crippen LogP contribution is -2.13. The number of aryl methyl sites for hydroxylation is 1. The summed E-state index contributed by atoms with van der Waals surface area (Å²) in [6.07, 6.45) is 2.40. The second-order valence-corrected chi connectivity index (χ2v) is 3.85. The smallest absolute Gasteiger partial charge is 0.277 e. The number of aromatic amines is 1. The van der Waals surface area contributed by atoms with E-state index >= 15 is 0 Å². The van der Waals surface area contributed by atoms with Crippen molar-refractivity contribution >= 4 is 18.1 Å². The SMILES string of the molecule is Cl.N#CCCc1ccc(Oc2nc[nH]c(=O)c2N)cc1. The third kappa shape index (κ3) is 3.73. The summed E-state index contributed by atoms with van der Waals surface area (Å²) in [5.41, 5.74) is 6.11. The number of hydrogen-bond acceptors (Lipinski definition) is 5. The van der Waals surface area contributed by atoms with Crippen LogP contribution >= 0.6 is 12.4 Å². The van der Waals surface area contributed by atoms with Gasteiger partial charge in [-0.1, -0.05) is 12.1 Å². The number of aromatic nitrogens is 2. The van der Waals surface area contributed by atoms with E-state index in [0.717, 1.165) is 5.56 Å². The first-order valence-electron chi connectivity index (χ1n) is 5.67. The van der Waals surface area contributed by atoms with Gasteiger partial charge in [0.1, 0.15) is 5.75 Å². The highest BCUT2D eigenvalue weighted by molar-refractivity contribution is 5.85. The van der Waals surface area contributed by atoms with E-state index in [4.69, 9.17) is 15.7 Å². The summed E-state index contributed by atoms with van der Waals surface area (Å²) in [7, 11) is 0. The third-order valence-electron chi connectivity index (χ3n) is 2.52. The molecular weight excluding hydrogens is 280 g/mol. The Kier molecular flexibility index (Phi) is 5.56. The zero-order valence-corrected chi connectivity index (χ0v) is 11.3. The molecular formula is C13H13ClN4O2. The van der Waals surface area contributed by atoms with Crippen molar-refractivity contribution in [1.29, 1.82) is 5.26 Å². The van der Waals surface area contributed by atoms with Gasteiger partial charge in [0.25, 0.3) is 5.56 Å². The number of benzene rings is 1. The van der Waals surface area contributed by atoms with Crippen LogP contribution in [0.4, 0.5) is 5.69 Å². The minimum Gasteiger partial charge on any atom is -0.437 e. The van der Waals surface area contributed by atoms with Crippen molar-refractivity contribution in [2.24, 2.45) is 0 Å². The second-order valence-electron chi connectivity index (χ2n) is 3.85. The lowest BCUT2D eigenvalue weighted by molar-refractivity contribution is 0.463. The van der Waals surface area contributed by atoms with Crippen molar-refractivity contribution in [2.75, 3.05) is 5.73 Å². The van der Waals surface area contributed by atoms with Gasteiger partial charge >= 0.3 is 0 Å². The molecule has 0 spiro atoms. The Morgan fingerprint density at radius 3 is 2.70 bits per heavy atom. The van der Waals surface area contributed by atoms with E-state index in [1.54, 1.807) is 12.1 Å². The van der Waals surface area contributed by atoms with Crippen molar-refractivity contribution in [3.8, 4) is 17.7 Å². The summed E-state index contributed by atoms with van der Waals surface area (Å²) < 4.78 is 5.43. The Morgan fingerprint density at radius 1 is 1.35 bits per heavy atom. The fraction of sp³-hybridized carbons (Fsp3) is 0.154. The molecule has 2 rings (SSSR count). The number of nitrogens with two attached hydrogens (primary N) is 1. The minimum atomic E-state index is -0.435. The van der Waals surface area contributed by atoms with Crippen LogP contribution in [0.2, 0.25) is 0 Å². The molecule has 0 atom stereocenters. The second kappa shape index (κ2) is 7.16. The van der Waals surface area contributed by atoms with Crippen LogP contribution in [0.15, 0.2) is 35.4 Å². The van der Waals surface area contributed by atoms with Gasteiger partial charge in [-0.15, -0.1) is 12.4 Å². The van der Waals surface area contributed by atoms with Crippen molar-refractivity contribution < 1.29 is 4.74 Å². The molecule has 7 heteroatoms. The van der Waals surface area contributed by atoms with Gasteiger partial charge in [0.2, 0.25) is 5.88 Å². The lowest BCUT2D eigenvalue weighted by Gasteiger charge is -2.06. The number of hydrogen-bond donors (Lipinski definition) is 2. The molecule has 0 aliphatic rings. The quantitative estimate of drug-likeness (QED) is 0.897. The molecule has 0 aliphatic carbocycles. The van der Waals surface area contributed by atoms with Gasteiger partial charge in [-0.2, -0.15) is 5.26 Å². The van der Waals surface area contributed by atoms with Crippen molar-refractivity contribution in [3.63, 3.8) is 0 Å². The van der Waals surface area contributed by atoms with Crippen LogP contribution < -0.4 is 16.0 Å². The normalized spacial score (nSPS) is 9.35. The van der Waals surface area contributed by atoms with Gasteiger partial charge in [0.15, 0.2) is 5.69 Å². The van der Waals surface area contributed by atoms with Crippen LogP contribution in [0, 0.1) is 11.3 Å². The summed E-state index contributed by atoms with van der Waals surface area (Å²) in [6.45, 7) is 0. The van der Waals surface area contributed by atoms with Crippen LogP contribution in [0.5, 0.6) is 11.6 Å². The Labute approximate surface area is 121 Å². The zero-order chi connectivity index (χ0) is 13.7. The first-order valence-corrected chi connectivity index (χ1v) is 5.67. The van der Waals surface area contributed by atoms with E-state index < -0.39 is 5.56 Å². The van der Waals surface area contributed by atoms with Crippen LogP contribution in [0.1, 0.15) is 12.0 Å². The van der Waals surface area contributed by atoms with E-state index in [9.17, 15) is 4.79 Å². The maximum absolute atomic E-state index is 11.3. The largest absolute Gasteiger partial charge is 0.437 e. The maximum Gasteiger partial charge on any atom is 0.277 e. The molecule has 0 fully saturated rings. The van der Waals surface area contributed by atoms with Crippen LogP contribution in [-0.2, 0) is 6.42 Å². The molecule has 104 valence electrons. The van der Waals surface area contributed by atoms with Gasteiger partial charge in [-0.25, -0.2) is 4.98 Å². The van der Waals surface area contributed by atoms with Gasteiger partial charge in [-0.3, -0.25) is 4.79 Å². The van der Waals surface area contributed by atoms with E-state index in [1.807, 2.05) is 12.1 Å². The summed E-state index contributed by atoms with van der Waals surface area (Å²) >= 11 is 0. The molecule has 0 unspecified atom stereocenters. The molecule has 3 N–H and O–H groups in total. The number of halogens is 1. The molecule has 0 saturated heterocycles. The molecule has 20 heavy (non-hydrogen) atoms. The van der Waals surface area contributed by atoms with Gasteiger partial charge < -0.3 is 15.5 Å². The molecule has 1 heterocycles. The topological polar surface area (TPSA) is 105 Å². The number of nitrogens with zero attached hydrogens (tertiary/aromatic N) is 2. The highest BCUT2D eigenvalue weighted by Gasteiger charge is 2.06. The monoisotopic (exact) mass is 292 g/mol. The first kappa shape index (κ1) is 15.5. The van der Waals surface area contributed by atoms with Crippen LogP contribution in [0.25, 0.3) is 0 Å². The Bertz CT molecular complexity index is 661. The number of ether oxygens (including phenoxy) is 1. The average Bonchev–Trinajstić information content (AvgIpc) is 2.43. The highest BCUT2D eigenvalue weighted by Crippen LogP contribution is 2.22. The fourth-order valence-corrected chi connectivity index (χ4v) is 1.51. The Balaban J connectivity index is 0.00000200. The highest BCUT2D eigenvalue weighted by atomic mass is 35.5. The molecule has 0 bridgehead atoms. The summed E-state index contributed by atoms with van der Waals surface area (Å²) in [4.78, 5) is 17.5. The number of rotatable bonds is 4.